The molecule has 0 radical (unpaired) electrons. The van der Waals surface area contributed by atoms with E-state index in [2.05, 4.69) is 36.6 Å². The fraction of sp³-hybridized carbons (Fsp3) is 0.525. The number of nitrogens with zero attached hydrogens (tertiary/aromatic N) is 2. The number of aromatic nitrogens is 2. The average molecular weight is 958 g/mol. The molecule has 6 amide bonds. The Labute approximate surface area is 379 Å². The van der Waals surface area contributed by atoms with Gasteiger partial charge in [0.15, 0.2) is 0 Å². The first kappa shape index (κ1) is 56.0. The molecule has 1 fully saturated rings. The smallest absolute Gasteiger partial charge is 0.481 e. The number of hydrogen-bond acceptors (Lipinski definition) is 13. The molecule has 1 aromatic heterocycles. The van der Waals surface area contributed by atoms with Gasteiger partial charge in [0.2, 0.25) is 35.4 Å². The maximum absolute atomic E-state index is 14.1. The summed E-state index contributed by atoms with van der Waals surface area (Å²) in [4.78, 5) is 133. The van der Waals surface area contributed by atoms with Crippen LogP contribution < -0.4 is 32.3 Å². The number of amides is 6. The van der Waals surface area contributed by atoms with Crippen molar-refractivity contribution in [3.05, 3.63) is 54.1 Å². The van der Waals surface area contributed by atoms with Gasteiger partial charge in [-0.25, -0.2) is 14.6 Å². The molecule has 1 aliphatic rings. The van der Waals surface area contributed by atoms with Crippen LogP contribution in [0.15, 0.2) is 42.9 Å². The molecule has 0 saturated carbocycles. The van der Waals surface area contributed by atoms with E-state index in [9.17, 15) is 76.7 Å². The fourth-order valence-corrected chi connectivity index (χ4v) is 6.44. The lowest BCUT2D eigenvalue weighted by molar-refractivity contribution is -0.192. The van der Waals surface area contributed by atoms with Crippen LogP contribution in [-0.2, 0) is 60.8 Å². The van der Waals surface area contributed by atoms with E-state index in [1.165, 1.54) is 17.4 Å². The Bertz CT molecular complexity index is 2040. The van der Waals surface area contributed by atoms with Gasteiger partial charge in [-0.15, -0.1) is 0 Å². The van der Waals surface area contributed by atoms with Gasteiger partial charge in [-0.3, -0.25) is 38.4 Å². The van der Waals surface area contributed by atoms with Gasteiger partial charge in [0.1, 0.15) is 42.3 Å². The van der Waals surface area contributed by atoms with Crippen LogP contribution in [0, 0.1) is 5.92 Å². The minimum Gasteiger partial charge on any atom is -0.481 e. The molecule has 1 aliphatic heterocycles. The van der Waals surface area contributed by atoms with Gasteiger partial charge >= 0.3 is 30.1 Å². The zero-order chi connectivity index (χ0) is 50.6. The third kappa shape index (κ3) is 19.5. The van der Waals surface area contributed by atoms with Crippen LogP contribution in [0.1, 0.15) is 63.6 Å². The zero-order valence-electron chi connectivity index (χ0n) is 36.2. The van der Waals surface area contributed by atoms with E-state index in [0.717, 1.165) is 0 Å². The Morgan fingerprint density at radius 3 is 1.88 bits per heavy atom. The molecule has 0 spiro atoms. The van der Waals surface area contributed by atoms with Crippen molar-refractivity contribution < 1.29 is 86.6 Å². The molecule has 2 aromatic rings. The van der Waals surface area contributed by atoms with Crippen molar-refractivity contribution in [3.63, 3.8) is 0 Å². The number of nitrogens with two attached hydrogens (primary N) is 1. The number of rotatable bonds is 24. The molecule has 0 bridgehead atoms. The number of aliphatic carboxylic acids is 4. The van der Waals surface area contributed by atoms with E-state index in [0.29, 0.717) is 17.7 Å². The fourth-order valence-electron chi connectivity index (χ4n) is 6.44. The normalized spacial score (nSPS) is 16.1. The van der Waals surface area contributed by atoms with Gasteiger partial charge in [0, 0.05) is 37.7 Å². The van der Waals surface area contributed by atoms with Crippen LogP contribution in [0.5, 0.6) is 0 Å². The summed E-state index contributed by atoms with van der Waals surface area (Å²) in [5, 5.41) is 57.0. The predicted octanol–water partition coefficient (Wildman–Crippen LogP) is -1.97. The number of carbonyl (C=O) groups is 10. The van der Waals surface area contributed by atoms with E-state index in [4.69, 9.17) is 15.6 Å². The summed E-state index contributed by atoms with van der Waals surface area (Å²) in [7, 11) is 0. The van der Waals surface area contributed by atoms with Gasteiger partial charge in [-0.05, 0) is 37.2 Å². The first-order valence-corrected chi connectivity index (χ1v) is 20.5. The van der Waals surface area contributed by atoms with Crippen LogP contribution in [0.3, 0.4) is 0 Å². The van der Waals surface area contributed by atoms with Crippen LogP contribution >= 0.6 is 0 Å². The number of alkyl halides is 3. The molecular weight excluding hydrogens is 903 g/mol. The number of H-pyrrole nitrogens is 1. The largest absolute Gasteiger partial charge is 0.490 e. The highest BCUT2D eigenvalue weighted by Gasteiger charge is 2.41. The predicted molar refractivity (Wildman–Crippen MR) is 222 cm³/mol. The van der Waals surface area contributed by atoms with Gasteiger partial charge in [0.25, 0.3) is 0 Å². The number of halogens is 3. The third-order valence-electron chi connectivity index (χ3n) is 9.74. The molecule has 67 heavy (non-hydrogen) atoms. The number of aromatic amines is 1. The van der Waals surface area contributed by atoms with E-state index in [1.54, 1.807) is 44.2 Å². The summed E-state index contributed by atoms with van der Waals surface area (Å²) in [5.41, 5.74) is 6.48. The second kappa shape index (κ2) is 26.7. The lowest BCUT2D eigenvalue weighted by Crippen LogP contribution is -2.60. The monoisotopic (exact) mass is 957 g/mol. The van der Waals surface area contributed by atoms with E-state index >= 15 is 0 Å². The molecule has 3 rings (SSSR count). The second-order valence-electron chi connectivity index (χ2n) is 15.6. The van der Waals surface area contributed by atoms with Crippen LogP contribution in [0.25, 0.3) is 0 Å². The van der Waals surface area contributed by atoms with Gasteiger partial charge < -0.3 is 67.7 Å². The third-order valence-corrected chi connectivity index (χ3v) is 9.74. The number of hydrogen-bond donors (Lipinski definition) is 12. The van der Waals surface area contributed by atoms with Gasteiger partial charge in [0.05, 0.1) is 19.4 Å². The van der Waals surface area contributed by atoms with Crippen LogP contribution in [0.4, 0.5) is 13.2 Å². The molecule has 27 heteroatoms. The Morgan fingerprint density at radius 1 is 0.791 bits per heavy atom. The summed E-state index contributed by atoms with van der Waals surface area (Å²) in [5.74, 6) is -12.5. The van der Waals surface area contributed by atoms with Crippen LogP contribution in [0.2, 0.25) is 0 Å². The second-order valence-corrected chi connectivity index (χ2v) is 15.6. The quantitative estimate of drug-likeness (QED) is 0.0543. The van der Waals surface area contributed by atoms with Crippen molar-refractivity contribution in [2.45, 2.75) is 114 Å². The SMILES string of the molecule is CC(C)C[C@H](NC(=O)[C@H](CC(=O)O)NC(=O)[C@@H](N)CO)C(=O)N1CCC[C@H]1C(=O)N[C@@H](Cc1ccccc1)C(=O)N[C@@H](CCC(=O)O)C(=O)N[C@@H](Cc1cnc[nH]1)C(=O)O.O=C(O)C(F)(F)F. The number of carbonyl (C=O) groups excluding carboxylic acids is 6. The van der Waals surface area contributed by atoms with E-state index in [1.807, 2.05) is 0 Å². The molecular formula is C40H54F3N9O15. The minimum atomic E-state index is -5.08. The standard InChI is InChI=1S/C38H53N9O13.C2HF3O2/c1-20(2)13-27(45-35(56)26(16-31(51)52)43-32(53)23(39)18-48)37(58)47-12-6-9-29(47)36(57)44-25(14-21-7-4-3-5-8-21)34(55)42-24(10-11-30(49)50)33(54)46-28(38(59)60)15-22-17-40-19-41-22;3-2(4,5)1(6)7/h3-5,7-8,17,19-20,23-29,48H,6,9-16,18,39H2,1-2H3,(H,40,41)(H,42,55)(H,43,53)(H,44,57)(H,45,56)(H,46,54)(H,49,50)(H,51,52)(H,59,60);(H,6,7)/t23-,24-,25-,26-,27-,28-,29-;/m0./s1. The molecule has 24 nitrogen and oxygen atoms in total. The zero-order valence-corrected chi connectivity index (χ0v) is 36.2. The van der Waals surface area contributed by atoms with E-state index in [-0.39, 0.29) is 38.1 Å². The van der Waals surface area contributed by atoms with Crippen molar-refractivity contribution in [3.8, 4) is 0 Å². The lowest BCUT2D eigenvalue weighted by atomic mass is 10.0. The average Bonchev–Trinajstić information content (AvgIpc) is 3.96. The topological polar surface area (TPSA) is 390 Å². The van der Waals surface area contributed by atoms with Crippen molar-refractivity contribution >= 4 is 59.3 Å². The highest BCUT2D eigenvalue weighted by atomic mass is 19.4. The molecule has 0 aliphatic carbocycles. The number of aliphatic hydroxyl groups is 1. The minimum absolute atomic E-state index is 0.0444. The van der Waals surface area contributed by atoms with Crippen molar-refractivity contribution in [2.24, 2.45) is 11.7 Å². The summed E-state index contributed by atoms with van der Waals surface area (Å²) in [6, 6.07) is -1.53. The molecule has 1 saturated heterocycles. The molecule has 0 unspecified atom stereocenters. The van der Waals surface area contributed by atoms with Gasteiger partial charge in [-0.1, -0.05) is 44.2 Å². The first-order valence-electron chi connectivity index (χ1n) is 20.5. The van der Waals surface area contributed by atoms with Crippen molar-refractivity contribution in [1.29, 1.82) is 0 Å². The molecule has 370 valence electrons. The molecule has 7 atom stereocenters. The van der Waals surface area contributed by atoms with Crippen LogP contribution in [-0.4, -0.2) is 161 Å². The highest BCUT2D eigenvalue weighted by Crippen LogP contribution is 2.21. The number of carboxylic acid groups (broad SMARTS) is 4. The van der Waals surface area contributed by atoms with E-state index < -0.39 is 134 Å². The Hall–Kier alpha value is -7.16. The number of aliphatic hydroxyl groups excluding tert-OH is 1. The molecule has 2 heterocycles. The molecule has 13 N–H and O–H groups in total. The maximum Gasteiger partial charge on any atom is 0.490 e. The lowest BCUT2D eigenvalue weighted by Gasteiger charge is -2.31. The maximum atomic E-state index is 14.1. The Balaban J connectivity index is 0.00000203. The number of imidazole rings is 1. The van der Waals surface area contributed by atoms with Gasteiger partial charge in [-0.2, -0.15) is 13.2 Å². The van der Waals surface area contributed by atoms with Crippen molar-refractivity contribution in [2.75, 3.05) is 13.2 Å². The number of benzene rings is 1. The summed E-state index contributed by atoms with van der Waals surface area (Å²) < 4.78 is 31.7. The number of carboxylic acids is 4. The Morgan fingerprint density at radius 2 is 1.36 bits per heavy atom. The number of nitrogens with one attached hydrogen (secondary N) is 6. The number of likely N-dealkylation sites (tertiary alicyclic amines) is 1. The Kier molecular flexibility index (Phi) is 22.3. The highest BCUT2D eigenvalue weighted by molar-refractivity contribution is 5.98. The molecule has 1 aromatic carbocycles. The summed E-state index contributed by atoms with van der Waals surface area (Å²) in [6.45, 7) is 2.80. The first-order chi connectivity index (χ1) is 31.3. The summed E-state index contributed by atoms with van der Waals surface area (Å²) in [6.07, 6.45) is -4.08. The summed E-state index contributed by atoms with van der Waals surface area (Å²) >= 11 is 0. The van der Waals surface area contributed by atoms with Crippen molar-refractivity contribution in [1.82, 2.24) is 41.5 Å².